The average Bonchev–Trinajstić information content (AvgIpc) is 2.41. The second-order valence-corrected chi connectivity index (χ2v) is 5.11. The van der Waals surface area contributed by atoms with E-state index in [1.807, 2.05) is 37.3 Å². The van der Waals surface area contributed by atoms with E-state index in [0.717, 1.165) is 10.0 Å². The summed E-state index contributed by atoms with van der Waals surface area (Å²) in [5.41, 5.74) is 7.92. The molecular weight excluding hydrogens is 304 g/mol. The molecule has 2 rings (SSSR count). The largest absolute Gasteiger partial charge is 0.396 e. The van der Waals surface area contributed by atoms with Crippen molar-refractivity contribution in [2.75, 3.05) is 11.1 Å². The highest BCUT2D eigenvalue weighted by atomic mass is 79.9. The Kier molecular flexibility index (Phi) is 4.03. The van der Waals surface area contributed by atoms with Crippen LogP contribution >= 0.6 is 15.9 Å². The lowest BCUT2D eigenvalue weighted by molar-refractivity contribution is 0.874. The molecule has 0 aliphatic carbocycles. The Hall–Kier alpha value is -2.06. The Morgan fingerprint density at radius 1 is 1.42 bits per heavy atom. The van der Waals surface area contributed by atoms with Gasteiger partial charge in [0.15, 0.2) is 0 Å². The molecule has 0 saturated carbocycles. The van der Waals surface area contributed by atoms with Gasteiger partial charge < -0.3 is 11.1 Å². The molecule has 1 unspecified atom stereocenters. The van der Waals surface area contributed by atoms with Crippen molar-refractivity contribution >= 4 is 27.4 Å². The van der Waals surface area contributed by atoms with Crippen LogP contribution in [0.25, 0.3) is 0 Å². The number of nitrogens with zero attached hydrogens (tertiary/aromatic N) is 2. The summed E-state index contributed by atoms with van der Waals surface area (Å²) in [7, 11) is 0. The molecule has 1 aromatic carbocycles. The molecule has 0 aliphatic heterocycles. The number of aromatic nitrogens is 1. The predicted molar refractivity (Wildman–Crippen MR) is 79.5 cm³/mol. The highest BCUT2D eigenvalue weighted by Gasteiger charge is 2.09. The average molecular weight is 317 g/mol. The highest BCUT2D eigenvalue weighted by molar-refractivity contribution is 9.10. The molecule has 2 aromatic rings. The fourth-order valence-electron chi connectivity index (χ4n) is 1.73. The van der Waals surface area contributed by atoms with Gasteiger partial charge in [0.1, 0.15) is 11.9 Å². The zero-order valence-corrected chi connectivity index (χ0v) is 12.0. The number of nitrogens with one attached hydrogen (secondary N) is 1. The van der Waals surface area contributed by atoms with Crippen molar-refractivity contribution in [3.8, 4) is 6.07 Å². The zero-order valence-electron chi connectivity index (χ0n) is 10.4. The second kappa shape index (κ2) is 5.72. The lowest BCUT2D eigenvalue weighted by atomic mass is 10.1. The molecule has 1 aromatic heterocycles. The molecule has 0 fully saturated rings. The van der Waals surface area contributed by atoms with Crippen LogP contribution in [0.2, 0.25) is 0 Å². The van der Waals surface area contributed by atoms with Crippen LogP contribution in [0.1, 0.15) is 24.1 Å². The zero-order chi connectivity index (χ0) is 13.8. The van der Waals surface area contributed by atoms with Crippen molar-refractivity contribution in [3.63, 3.8) is 0 Å². The van der Waals surface area contributed by atoms with Gasteiger partial charge in [-0.05, 0) is 30.7 Å². The summed E-state index contributed by atoms with van der Waals surface area (Å²) in [5.74, 6) is 0.589. The first-order valence-corrected chi connectivity index (χ1v) is 6.57. The molecule has 0 aliphatic rings. The SMILES string of the molecule is CC(Nc1ncc(C#N)cc1N)c1cccc(Br)c1. The van der Waals surface area contributed by atoms with Gasteiger partial charge >= 0.3 is 0 Å². The molecule has 0 amide bonds. The summed E-state index contributed by atoms with van der Waals surface area (Å²) in [4.78, 5) is 4.17. The van der Waals surface area contributed by atoms with Crippen molar-refractivity contribution in [1.29, 1.82) is 5.26 Å². The van der Waals surface area contributed by atoms with Crippen molar-refractivity contribution in [3.05, 3.63) is 52.1 Å². The van der Waals surface area contributed by atoms with E-state index in [1.165, 1.54) is 6.20 Å². The molecule has 1 atom stereocenters. The van der Waals surface area contributed by atoms with Gasteiger partial charge in [0, 0.05) is 10.7 Å². The van der Waals surface area contributed by atoms with Gasteiger partial charge in [-0.15, -0.1) is 0 Å². The van der Waals surface area contributed by atoms with Crippen molar-refractivity contribution < 1.29 is 0 Å². The number of pyridine rings is 1. The summed E-state index contributed by atoms with van der Waals surface area (Å²) in [6, 6.07) is 11.7. The number of hydrogen-bond donors (Lipinski definition) is 2. The maximum Gasteiger partial charge on any atom is 0.149 e. The normalized spacial score (nSPS) is 11.6. The van der Waals surface area contributed by atoms with E-state index in [1.54, 1.807) is 6.07 Å². The summed E-state index contributed by atoms with van der Waals surface area (Å²) in [6.07, 6.45) is 1.51. The molecule has 0 saturated heterocycles. The van der Waals surface area contributed by atoms with E-state index in [-0.39, 0.29) is 6.04 Å². The van der Waals surface area contributed by atoms with Gasteiger partial charge in [0.2, 0.25) is 0 Å². The van der Waals surface area contributed by atoms with Crippen molar-refractivity contribution in [1.82, 2.24) is 4.98 Å². The number of halogens is 1. The third-order valence-electron chi connectivity index (χ3n) is 2.75. The van der Waals surface area contributed by atoms with Crippen LogP contribution < -0.4 is 11.1 Å². The van der Waals surface area contributed by atoms with Crippen LogP contribution in [0.5, 0.6) is 0 Å². The Bertz CT molecular complexity index is 634. The number of benzene rings is 1. The maximum atomic E-state index is 8.77. The number of nitrogens with two attached hydrogens (primary N) is 1. The molecule has 3 N–H and O–H groups in total. The summed E-state index contributed by atoms with van der Waals surface area (Å²) >= 11 is 3.45. The molecule has 4 nitrogen and oxygen atoms in total. The van der Waals surface area contributed by atoms with E-state index < -0.39 is 0 Å². The molecule has 0 spiro atoms. The first kappa shape index (κ1) is 13.4. The lowest BCUT2D eigenvalue weighted by Gasteiger charge is -2.16. The minimum Gasteiger partial charge on any atom is -0.396 e. The number of nitrogen functional groups attached to an aromatic ring is 1. The third-order valence-corrected chi connectivity index (χ3v) is 3.24. The van der Waals surface area contributed by atoms with E-state index in [2.05, 4.69) is 26.2 Å². The van der Waals surface area contributed by atoms with E-state index >= 15 is 0 Å². The Morgan fingerprint density at radius 3 is 2.84 bits per heavy atom. The van der Waals surface area contributed by atoms with E-state index in [0.29, 0.717) is 17.1 Å². The summed E-state index contributed by atoms with van der Waals surface area (Å²) < 4.78 is 1.03. The number of rotatable bonds is 3. The summed E-state index contributed by atoms with van der Waals surface area (Å²) in [5, 5.41) is 12.0. The number of hydrogen-bond acceptors (Lipinski definition) is 4. The standard InChI is InChI=1S/C14H13BrN4/c1-9(11-3-2-4-12(15)6-11)19-14-13(17)5-10(7-16)8-18-14/h2-6,8-9H,17H2,1H3,(H,18,19). The first-order chi connectivity index (χ1) is 9.10. The van der Waals surface area contributed by atoms with Gasteiger partial charge in [0.25, 0.3) is 0 Å². The summed E-state index contributed by atoms with van der Waals surface area (Å²) in [6.45, 7) is 2.03. The van der Waals surface area contributed by atoms with Crippen LogP contribution in [-0.2, 0) is 0 Å². The van der Waals surface area contributed by atoms with Gasteiger partial charge in [-0.25, -0.2) is 4.98 Å². The van der Waals surface area contributed by atoms with Gasteiger partial charge in [-0.1, -0.05) is 28.1 Å². The fraction of sp³-hybridized carbons (Fsp3) is 0.143. The quantitative estimate of drug-likeness (QED) is 0.909. The number of anilines is 2. The van der Waals surface area contributed by atoms with Crippen LogP contribution in [0.15, 0.2) is 41.0 Å². The first-order valence-electron chi connectivity index (χ1n) is 5.78. The maximum absolute atomic E-state index is 8.77. The van der Waals surface area contributed by atoms with Crippen molar-refractivity contribution in [2.24, 2.45) is 0 Å². The minimum atomic E-state index is 0.0697. The Morgan fingerprint density at radius 2 is 2.21 bits per heavy atom. The number of nitriles is 1. The fourth-order valence-corrected chi connectivity index (χ4v) is 2.14. The van der Waals surface area contributed by atoms with Crippen LogP contribution in [0.3, 0.4) is 0 Å². The molecule has 19 heavy (non-hydrogen) atoms. The second-order valence-electron chi connectivity index (χ2n) is 4.19. The monoisotopic (exact) mass is 316 g/mol. The molecule has 5 heteroatoms. The van der Waals surface area contributed by atoms with E-state index in [9.17, 15) is 0 Å². The van der Waals surface area contributed by atoms with Crippen LogP contribution in [-0.4, -0.2) is 4.98 Å². The Balaban J connectivity index is 2.20. The highest BCUT2D eigenvalue weighted by Crippen LogP contribution is 2.24. The third kappa shape index (κ3) is 3.24. The molecule has 1 heterocycles. The molecular formula is C14H13BrN4. The lowest BCUT2D eigenvalue weighted by Crippen LogP contribution is -2.10. The van der Waals surface area contributed by atoms with Gasteiger partial charge in [0.05, 0.1) is 17.3 Å². The van der Waals surface area contributed by atoms with E-state index in [4.69, 9.17) is 11.0 Å². The van der Waals surface area contributed by atoms with Crippen LogP contribution in [0.4, 0.5) is 11.5 Å². The Labute approximate surface area is 120 Å². The smallest absolute Gasteiger partial charge is 0.149 e. The van der Waals surface area contributed by atoms with Crippen molar-refractivity contribution in [2.45, 2.75) is 13.0 Å². The molecule has 0 radical (unpaired) electrons. The molecule has 0 bridgehead atoms. The van der Waals surface area contributed by atoms with Gasteiger partial charge in [-0.3, -0.25) is 0 Å². The molecule has 96 valence electrons. The predicted octanol–water partition coefficient (Wildman–Crippen LogP) is 3.47. The topological polar surface area (TPSA) is 74.7 Å². The minimum absolute atomic E-state index is 0.0697. The van der Waals surface area contributed by atoms with Crippen LogP contribution in [0, 0.1) is 11.3 Å². The van der Waals surface area contributed by atoms with Gasteiger partial charge in [-0.2, -0.15) is 5.26 Å².